The number of benzene rings is 1. The molecule has 2 unspecified atom stereocenters. The largest absolute Gasteiger partial charge is 0.348 e. The lowest BCUT2D eigenvalue weighted by Gasteiger charge is -2.26. The summed E-state index contributed by atoms with van der Waals surface area (Å²) in [5, 5.41) is 3.11. The van der Waals surface area contributed by atoms with Crippen molar-refractivity contribution in [3.8, 4) is 0 Å². The number of hydrogen-bond donors (Lipinski definition) is 1. The van der Waals surface area contributed by atoms with Crippen LogP contribution in [0.15, 0.2) is 18.2 Å². The molecule has 5 nitrogen and oxygen atoms in total. The molecule has 1 heterocycles. The van der Waals surface area contributed by atoms with Crippen LogP contribution < -0.4 is 5.32 Å². The van der Waals surface area contributed by atoms with E-state index in [1.165, 1.54) is 36.0 Å². The SMILES string of the molecule is CC(NC(=O)CN1CCCC1C(=O)N(C)C)c1ccc2c(c1)CCCC2. The Balaban J connectivity index is 1.58. The van der Waals surface area contributed by atoms with Gasteiger partial charge in [-0.1, -0.05) is 18.2 Å². The van der Waals surface area contributed by atoms with Crippen molar-refractivity contribution >= 4 is 11.8 Å². The predicted molar refractivity (Wildman–Crippen MR) is 103 cm³/mol. The van der Waals surface area contributed by atoms with E-state index in [1.54, 1.807) is 19.0 Å². The number of nitrogens with zero attached hydrogens (tertiary/aromatic N) is 2. The van der Waals surface area contributed by atoms with Gasteiger partial charge >= 0.3 is 0 Å². The van der Waals surface area contributed by atoms with E-state index < -0.39 is 0 Å². The molecule has 1 aliphatic carbocycles. The molecule has 1 aromatic rings. The van der Waals surface area contributed by atoms with Gasteiger partial charge in [0.15, 0.2) is 0 Å². The Bertz CT molecular complexity index is 671. The lowest BCUT2D eigenvalue weighted by atomic mass is 9.89. The van der Waals surface area contributed by atoms with E-state index in [1.807, 2.05) is 11.8 Å². The molecule has 0 spiro atoms. The summed E-state index contributed by atoms with van der Waals surface area (Å²) in [7, 11) is 3.55. The van der Waals surface area contributed by atoms with Crippen LogP contribution in [0.4, 0.5) is 0 Å². The molecule has 2 atom stereocenters. The summed E-state index contributed by atoms with van der Waals surface area (Å²) in [5.74, 6) is 0.0895. The zero-order valence-corrected chi connectivity index (χ0v) is 16.3. The highest BCUT2D eigenvalue weighted by Gasteiger charge is 2.32. The van der Waals surface area contributed by atoms with E-state index in [-0.39, 0.29) is 23.9 Å². The fourth-order valence-electron chi connectivity index (χ4n) is 4.17. The Kier molecular flexibility index (Phi) is 5.97. The number of rotatable bonds is 5. The van der Waals surface area contributed by atoms with Crippen LogP contribution >= 0.6 is 0 Å². The molecule has 1 fully saturated rings. The summed E-state index contributed by atoms with van der Waals surface area (Å²) in [5.41, 5.74) is 4.06. The third kappa shape index (κ3) is 4.26. The van der Waals surface area contributed by atoms with Gasteiger partial charge in [-0.3, -0.25) is 14.5 Å². The fourth-order valence-corrected chi connectivity index (χ4v) is 4.17. The fraction of sp³-hybridized carbons (Fsp3) is 0.619. The molecule has 5 heteroatoms. The van der Waals surface area contributed by atoms with Crippen molar-refractivity contribution in [2.45, 2.75) is 57.5 Å². The first kappa shape index (κ1) is 18.9. The number of nitrogens with one attached hydrogen (secondary N) is 1. The third-order valence-electron chi connectivity index (χ3n) is 5.69. The van der Waals surface area contributed by atoms with Gasteiger partial charge in [-0.05, 0) is 68.7 Å². The lowest BCUT2D eigenvalue weighted by molar-refractivity contribution is -0.134. The zero-order valence-electron chi connectivity index (χ0n) is 16.3. The second-order valence-corrected chi connectivity index (χ2v) is 7.89. The Morgan fingerprint density at radius 1 is 1.19 bits per heavy atom. The molecule has 1 aliphatic heterocycles. The number of fused-ring (bicyclic) bond motifs is 1. The molecule has 2 amide bonds. The number of hydrogen-bond acceptors (Lipinski definition) is 3. The summed E-state index contributed by atoms with van der Waals surface area (Å²) in [6.07, 6.45) is 6.66. The van der Waals surface area contributed by atoms with E-state index in [0.717, 1.165) is 25.8 Å². The Labute approximate surface area is 156 Å². The molecule has 0 aromatic heterocycles. The van der Waals surface area contributed by atoms with E-state index in [4.69, 9.17) is 0 Å². The quantitative estimate of drug-likeness (QED) is 0.880. The highest BCUT2D eigenvalue weighted by molar-refractivity contribution is 5.83. The van der Waals surface area contributed by atoms with Crippen molar-refractivity contribution in [2.24, 2.45) is 0 Å². The van der Waals surface area contributed by atoms with E-state index in [0.29, 0.717) is 6.54 Å². The summed E-state index contributed by atoms with van der Waals surface area (Å²) in [6.45, 7) is 3.14. The first-order chi connectivity index (χ1) is 12.5. The van der Waals surface area contributed by atoms with Crippen molar-refractivity contribution in [1.82, 2.24) is 15.1 Å². The maximum absolute atomic E-state index is 12.5. The summed E-state index contributed by atoms with van der Waals surface area (Å²) in [4.78, 5) is 28.4. The second kappa shape index (κ2) is 8.21. The average molecular weight is 357 g/mol. The molecule has 0 radical (unpaired) electrons. The van der Waals surface area contributed by atoms with Gasteiger partial charge in [0, 0.05) is 14.1 Å². The van der Waals surface area contributed by atoms with Gasteiger partial charge in [-0.2, -0.15) is 0 Å². The number of carbonyl (C=O) groups is 2. The van der Waals surface area contributed by atoms with E-state index in [9.17, 15) is 9.59 Å². The second-order valence-electron chi connectivity index (χ2n) is 7.89. The van der Waals surface area contributed by atoms with Gasteiger partial charge in [0.05, 0.1) is 18.6 Å². The van der Waals surface area contributed by atoms with E-state index >= 15 is 0 Å². The van der Waals surface area contributed by atoms with Crippen molar-refractivity contribution in [2.75, 3.05) is 27.2 Å². The molecule has 26 heavy (non-hydrogen) atoms. The minimum absolute atomic E-state index is 0.00585. The normalized spacial score (nSPS) is 21.1. The lowest BCUT2D eigenvalue weighted by Crippen LogP contribution is -2.46. The van der Waals surface area contributed by atoms with Crippen LogP contribution in [-0.2, 0) is 22.4 Å². The molecule has 0 saturated carbocycles. The molecule has 142 valence electrons. The number of carbonyl (C=O) groups excluding carboxylic acids is 2. The van der Waals surface area contributed by atoms with Gasteiger partial charge in [-0.25, -0.2) is 0 Å². The number of amides is 2. The van der Waals surface area contributed by atoms with Crippen molar-refractivity contribution in [3.63, 3.8) is 0 Å². The topological polar surface area (TPSA) is 52.7 Å². The average Bonchev–Trinajstić information content (AvgIpc) is 3.08. The van der Waals surface area contributed by atoms with Crippen molar-refractivity contribution in [3.05, 3.63) is 34.9 Å². The van der Waals surface area contributed by atoms with Crippen molar-refractivity contribution < 1.29 is 9.59 Å². The zero-order chi connectivity index (χ0) is 18.7. The van der Waals surface area contributed by atoms with Crippen LogP contribution in [0.1, 0.15) is 55.3 Å². The van der Waals surface area contributed by atoms with Gasteiger partial charge in [0.1, 0.15) is 0 Å². The first-order valence-electron chi connectivity index (χ1n) is 9.82. The van der Waals surface area contributed by atoms with Crippen LogP contribution in [0.5, 0.6) is 0 Å². The Morgan fingerprint density at radius 2 is 1.92 bits per heavy atom. The standard InChI is InChI=1S/C21H31N3O2/c1-15(17-11-10-16-7-4-5-8-18(16)13-17)22-20(25)14-24-12-6-9-19(24)21(26)23(2)3/h10-11,13,15,19H,4-9,12,14H2,1-3H3,(H,22,25). The molecule has 1 N–H and O–H groups in total. The molecule has 2 aliphatic rings. The maximum Gasteiger partial charge on any atom is 0.239 e. The number of likely N-dealkylation sites (tertiary alicyclic amines) is 1. The molecular weight excluding hydrogens is 326 g/mol. The Morgan fingerprint density at radius 3 is 2.65 bits per heavy atom. The molecule has 1 saturated heterocycles. The van der Waals surface area contributed by atoms with Crippen LogP contribution in [0, 0.1) is 0 Å². The summed E-state index contributed by atoms with van der Waals surface area (Å²) in [6, 6.07) is 6.45. The van der Waals surface area contributed by atoms with Gasteiger partial charge in [0.25, 0.3) is 0 Å². The van der Waals surface area contributed by atoms with Crippen LogP contribution in [0.2, 0.25) is 0 Å². The first-order valence-corrected chi connectivity index (χ1v) is 9.82. The smallest absolute Gasteiger partial charge is 0.239 e. The molecule has 3 rings (SSSR count). The van der Waals surface area contributed by atoms with Gasteiger partial charge in [-0.15, -0.1) is 0 Å². The van der Waals surface area contributed by atoms with Gasteiger partial charge < -0.3 is 10.2 Å². The minimum atomic E-state index is -0.158. The third-order valence-corrected chi connectivity index (χ3v) is 5.69. The predicted octanol–water partition coefficient (Wildman–Crippen LogP) is 2.30. The summed E-state index contributed by atoms with van der Waals surface area (Å²) < 4.78 is 0. The van der Waals surface area contributed by atoms with E-state index in [2.05, 4.69) is 23.5 Å². The monoisotopic (exact) mass is 357 g/mol. The van der Waals surface area contributed by atoms with Crippen LogP contribution in [-0.4, -0.2) is 54.8 Å². The Hall–Kier alpha value is -1.88. The maximum atomic E-state index is 12.5. The van der Waals surface area contributed by atoms with Crippen LogP contribution in [0.3, 0.4) is 0 Å². The van der Waals surface area contributed by atoms with Crippen LogP contribution in [0.25, 0.3) is 0 Å². The highest BCUT2D eigenvalue weighted by Crippen LogP contribution is 2.25. The number of likely N-dealkylation sites (N-methyl/N-ethyl adjacent to an activating group) is 1. The highest BCUT2D eigenvalue weighted by atomic mass is 16.2. The van der Waals surface area contributed by atoms with Gasteiger partial charge in [0.2, 0.25) is 11.8 Å². The number of aryl methyl sites for hydroxylation is 2. The molecule has 1 aromatic carbocycles. The van der Waals surface area contributed by atoms with Crippen molar-refractivity contribution in [1.29, 1.82) is 0 Å². The minimum Gasteiger partial charge on any atom is -0.348 e. The molecular formula is C21H31N3O2. The summed E-state index contributed by atoms with van der Waals surface area (Å²) >= 11 is 0. The molecule has 0 bridgehead atoms.